The molecule has 2 aromatic carbocycles. The van der Waals surface area contributed by atoms with E-state index in [0.717, 1.165) is 28.7 Å². The number of hydrogen-bond acceptors (Lipinski definition) is 5. The molecule has 0 unspecified atom stereocenters. The SMILES string of the molecule is CC(=Nc1ccccc1)C1=C(O)/C(=C/c2ccc(N(C)C)cc2)SC1=O. The zero-order valence-corrected chi connectivity index (χ0v) is 15.7. The Morgan fingerprint density at radius 1 is 1.08 bits per heavy atom. The fourth-order valence-corrected chi connectivity index (χ4v) is 3.55. The summed E-state index contributed by atoms with van der Waals surface area (Å²) in [6.45, 7) is 1.74. The number of hydrogen-bond donors (Lipinski definition) is 1. The van der Waals surface area contributed by atoms with Crippen molar-refractivity contribution in [1.29, 1.82) is 0 Å². The molecule has 26 heavy (non-hydrogen) atoms. The number of thioether (sulfide) groups is 1. The highest BCUT2D eigenvalue weighted by Crippen LogP contribution is 2.38. The van der Waals surface area contributed by atoms with Crippen LogP contribution in [-0.4, -0.2) is 30.0 Å². The van der Waals surface area contributed by atoms with Crippen LogP contribution in [0.5, 0.6) is 0 Å². The fourth-order valence-electron chi connectivity index (χ4n) is 2.61. The van der Waals surface area contributed by atoms with Crippen LogP contribution in [-0.2, 0) is 4.79 Å². The number of carbonyl (C=O) groups is 1. The molecule has 0 saturated carbocycles. The molecule has 0 spiro atoms. The van der Waals surface area contributed by atoms with Gasteiger partial charge < -0.3 is 10.0 Å². The third kappa shape index (κ3) is 3.89. The molecule has 2 aromatic rings. The molecule has 0 saturated heterocycles. The molecule has 0 aliphatic carbocycles. The molecule has 0 aromatic heterocycles. The third-order valence-electron chi connectivity index (χ3n) is 4.00. The Morgan fingerprint density at radius 2 is 1.73 bits per heavy atom. The Kier molecular flexibility index (Phi) is 5.28. The number of aliphatic imine (C=N–C) groups is 1. The Bertz CT molecular complexity index is 911. The Hall–Kier alpha value is -2.79. The van der Waals surface area contributed by atoms with E-state index < -0.39 is 0 Å². The summed E-state index contributed by atoms with van der Waals surface area (Å²) >= 11 is 1.03. The lowest BCUT2D eigenvalue weighted by molar-refractivity contribution is -0.107. The van der Waals surface area contributed by atoms with Crippen molar-refractivity contribution in [3.05, 3.63) is 76.4 Å². The lowest BCUT2D eigenvalue weighted by atomic mass is 10.1. The first kappa shape index (κ1) is 18.0. The minimum atomic E-state index is -0.184. The molecule has 1 N–H and O–H groups in total. The molecular weight excluding hydrogens is 344 g/mol. The number of para-hydroxylation sites is 1. The third-order valence-corrected chi connectivity index (χ3v) is 4.92. The Balaban J connectivity index is 1.91. The summed E-state index contributed by atoms with van der Waals surface area (Å²) in [5, 5.41) is 10.4. The van der Waals surface area contributed by atoms with E-state index in [1.807, 2.05) is 79.7 Å². The molecule has 3 rings (SSSR count). The molecule has 0 amide bonds. The molecule has 1 heterocycles. The standard InChI is InChI=1S/C21H20N2O2S/c1-14(22-16-7-5-4-6-8-16)19-20(24)18(26-21(19)25)13-15-9-11-17(12-10-15)23(2)3/h4-13,24H,1-3H3/b18-13-,22-14?. The number of anilines is 1. The van der Waals surface area contributed by atoms with E-state index in [4.69, 9.17) is 0 Å². The molecule has 1 aliphatic heterocycles. The van der Waals surface area contributed by atoms with Crippen molar-refractivity contribution in [1.82, 2.24) is 0 Å². The van der Waals surface area contributed by atoms with Gasteiger partial charge in [0.1, 0.15) is 5.76 Å². The van der Waals surface area contributed by atoms with E-state index in [9.17, 15) is 9.90 Å². The first-order valence-corrected chi connectivity index (χ1v) is 9.03. The van der Waals surface area contributed by atoms with Crippen molar-refractivity contribution in [3.8, 4) is 0 Å². The molecule has 0 bridgehead atoms. The Morgan fingerprint density at radius 3 is 2.35 bits per heavy atom. The molecular formula is C21H20N2O2S. The second kappa shape index (κ2) is 7.62. The molecule has 5 heteroatoms. The number of carbonyl (C=O) groups excluding carboxylic acids is 1. The first-order chi connectivity index (χ1) is 12.5. The van der Waals surface area contributed by atoms with Crippen LogP contribution < -0.4 is 4.90 Å². The van der Waals surface area contributed by atoms with Gasteiger partial charge in [-0.25, -0.2) is 0 Å². The van der Waals surface area contributed by atoms with Gasteiger partial charge in [-0.2, -0.15) is 0 Å². The van der Waals surface area contributed by atoms with E-state index in [-0.39, 0.29) is 16.4 Å². The topological polar surface area (TPSA) is 52.9 Å². The van der Waals surface area contributed by atoms with Gasteiger partial charge in [0, 0.05) is 19.8 Å². The second-order valence-corrected chi connectivity index (χ2v) is 7.16. The number of aliphatic hydroxyl groups is 1. The van der Waals surface area contributed by atoms with Crippen LogP contribution >= 0.6 is 11.8 Å². The fraction of sp³-hybridized carbons (Fsp3) is 0.143. The van der Waals surface area contributed by atoms with Crippen LogP contribution in [0.3, 0.4) is 0 Å². The van der Waals surface area contributed by atoms with Crippen LogP contribution in [0.2, 0.25) is 0 Å². The van der Waals surface area contributed by atoms with Crippen molar-refractivity contribution in [2.75, 3.05) is 19.0 Å². The van der Waals surface area contributed by atoms with E-state index >= 15 is 0 Å². The largest absolute Gasteiger partial charge is 0.506 e. The lowest BCUT2D eigenvalue weighted by Crippen LogP contribution is -2.07. The van der Waals surface area contributed by atoms with Gasteiger partial charge in [-0.1, -0.05) is 30.3 Å². The van der Waals surface area contributed by atoms with E-state index in [2.05, 4.69) is 4.99 Å². The van der Waals surface area contributed by atoms with Crippen LogP contribution in [0, 0.1) is 0 Å². The highest BCUT2D eigenvalue weighted by molar-refractivity contribution is 8.18. The van der Waals surface area contributed by atoms with Crippen LogP contribution in [0.25, 0.3) is 6.08 Å². The number of aliphatic hydroxyl groups excluding tert-OH is 1. The summed E-state index contributed by atoms with van der Waals surface area (Å²) in [6.07, 6.45) is 1.82. The minimum Gasteiger partial charge on any atom is -0.506 e. The predicted octanol–water partition coefficient (Wildman–Crippen LogP) is 4.97. The van der Waals surface area contributed by atoms with Gasteiger partial charge in [0.25, 0.3) is 0 Å². The van der Waals surface area contributed by atoms with E-state index in [1.165, 1.54) is 0 Å². The zero-order valence-electron chi connectivity index (χ0n) is 14.9. The number of benzene rings is 2. The van der Waals surface area contributed by atoms with Gasteiger partial charge in [0.05, 0.1) is 21.9 Å². The van der Waals surface area contributed by atoms with Crippen molar-refractivity contribution in [3.63, 3.8) is 0 Å². The minimum absolute atomic E-state index is 0.00568. The summed E-state index contributed by atoms with van der Waals surface area (Å²) in [4.78, 5) is 19.4. The smallest absolute Gasteiger partial charge is 0.229 e. The Labute approximate surface area is 157 Å². The van der Waals surface area contributed by atoms with Gasteiger partial charge in [-0.3, -0.25) is 9.79 Å². The van der Waals surface area contributed by atoms with E-state index in [1.54, 1.807) is 6.92 Å². The zero-order chi connectivity index (χ0) is 18.7. The van der Waals surface area contributed by atoms with Crippen LogP contribution in [0.1, 0.15) is 12.5 Å². The van der Waals surface area contributed by atoms with Gasteiger partial charge in [-0.05, 0) is 54.6 Å². The van der Waals surface area contributed by atoms with E-state index in [0.29, 0.717) is 10.6 Å². The van der Waals surface area contributed by atoms with Crippen molar-refractivity contribution < 1.29 is 9.90 Å². The summed E-state index contributed by atoms with van der Waals surface area (Å²) in [5.41, 5.74) is 3.55. The quantitative estimate of drug-likeness (QED) is 0.778. The molecule has 0 fully saturated rings. The number of rotatable bonds is 4. The molecule has 132 valence electrons. The highest BCUT2D eigenvalue weighted by atomic mass is 32.2. The summed E-state index contributed by atoms with van der Waals surface area (Å²) < 4.78 is 0. The molecule has 4 nitrogen and oxygen atoms in total. The monoisotopic (exact) mass is 364 g/mol. The van der Waals surface area contributed by atoms with Crippen molar-refractivity contribution in [2.45, 2.75) is 6.92 Å². The maximum Gasteiger partial charge on any atom is 0.229 e. The van der Waals surface area contributed by atoms with Gasteiger partial charge in [-0.15, -0.1) is 0 Å². The average Bonchev–Trinajstić information content (AvgIpc) is 2.90. The van der Waals surface area contributed by atoms with Gasteiger partial charge in [0.15, 0.2) is 0 Å². The predicted molar refractivity (Wildman–Crippen MR) is 110 cm³/mol. The van der Waals surface area contributed by atoms with Crippen molar-refractivity contribution in [2.24, 2.45) is 4.99 Å². The average molecular weight is 364 g/mol. The summed E-state index contributed by atoms with van der Waals surface area (Å²) in [6, 6.07) is 17.3. The summed E-state index contributed by atoms with van der Waals surface area (Å²) in [5.74, 6) is -0.00568. The van der Waals surface area contributed by atoms with Gasteiger partial charge in [0.2, 0.25) is 5.12 Å². The van der Waals surface area contributed by atoms with Crippen LogP contribution in [0.15, 0.2) is 75.8 Å². The maximum atomic E-state index is 12.4. The first-order valence-electron chi connectivity index (χ1n) is 8.21. The molecule has 1 aliphatic rings. The molecule has 0 radical (unpaired) electrons. The normalized spacial score (nSPS) is 16.5. The number of nitrogens with zero attached hydrogens (tertiary/aromatic N) is 2. The summed E-state index contributed by atoms with van der Waals surface area (Å²) in [7, 11) is 3.96. The van der Waals surface area contributed by atoms with Gasteiger partial charge >= 0.3 is 0 Å². The lowest BCUT2D eigenvalue weighted by Gasteiger charge is -2.11. The van der Waals surface area contributed by atoms with Crippen molar-refractivity contribution >= 4 is 40.0 Å². The van der Waals surface area contributed by atoms with Crippen LogP contribution in [0.4, 0.5) is 11.4 Å². The second-order valence-electron chi connectivity index (χ2n) is 6.14. The molecule has 0 atom stereocenters. The highest BCUT2D eigenvalue weighted by Gasteiger charge is 2.30. The maximum absolute atomic E-state index is 12.4.